The van der Waals surface area contributed by atoms with E-state index in [4.69, 9.17) is 25.8 Å². The van der Waals surface area contributed by atoms with Gasteiger partial charge in [-0.3, -0.25) is 4.79 Å². The van der Waals surface area contributed by atoms with E-state index in [0.29, 0.717) is 33.4 Å². The average Bonchev–Trinajstić information content (AvgIpc) is 2.55. The second-order valence-corrected chi connectivity index (χ2v) is 5.11. The van der Waals surface area contributed by atoms with Crippen molar-refractivity contribution < 1.29 is 19.0 Å². The molecular formula is C17H17ClO4. The van der Waals surface area contributed by atoms with E-state index in [1.165, 1.54) is 21.3 Å². The van der Waals surface area contributed by atoms with E-state index in [-0.39, 0.29) is 5.78 Å². The first-order valence-corrected chi connectivity index (χ1v) is 7.00. The van der Waals surface area contributed by atoms with Crippen LogP contribution in [0.5, 0.6) is 17.2 Å². The van der Waals surface area contributed by atoms with Gasteiger partial charge in [0.2, 0.25) is 5.75 Å². The number of ether oxygens (including phenoxy) is 3. The van der Waals surface area contributed by atoms with Gasteiger partial charge in [-0.2, -0.15) is 0 Å². The number of aryl methyl sites for hydroxylation is 1. The summed E-state index contributed by atoms with van der Waals surface area (Å²) in [6, 6.07) is 8.43. The molecule has 22 heavy (non-hydrogen) atoms. The van der Waals surface area contributed by atoms with Crippen LogP contribution >= 0.6 is 11.6 Å². The standard InChI is InChI=1S/C17H17ClO4/c1-10-7-11(5-6-13(10)18)16(19)12-8-14(20-2)17(22-4)15(9-12)21-3/h5-9H,1-4H3. The summed E-state index contributed by atoms with van der Waals surface area (Å²) in [6.45, 7) is 1.86. The molecule has 0 aromatic heterocycles. The van der Waals surface area contributed by atoms with E-state index in [1.807, 2.05) is 6.92 Å². The van der Waals surface area contributed by atoms with Crippen LogP contribution in [0.25, 0.3) is 0 Å². The topological polar surface area (TPSA) is 44.8 Å². The van der Waals surface area contributed by atoms with Crippen molar-refractivity contribution in [1.29, 1.82) is 0 Å². The quantitative estimate of drug-likeness (QED) is 0.784. The average molecular weight is 321 g/mol. The molecule has 0 fully saturated rings. The largest absolute Gasteiger partial charge is 0.493 e. The van der Waals surface area contributed by atoms with Gasteiger partial charge in [-0.05, 0) is 42.8 Å². The Morgan fingerprint density at radius 1 is 0.909 bits per heavy atom. The summed E-state index contributed by atoms with van der Waals surface area (Å²) in [4.78, 5) is 12.7. The zero-order valence-corrected chi connectivity index (χ0v) is 13.7. The summed E-state index contributed by atoms with van der Waals surface area (Å²) in [7, 11) is 4.54. The maximum Gasteiger partial charge on any atom is 0.203 e. The lowest BCUT2D eigenvalue weighted by Crippen LogP contribution is -2.04. The second-order valence-electron chi connectivity index (χ2n) is 4.71. The van der Waals surface area contributed by atoms with Crippen LogP contribution in [0.1, 0.15) is 21.5 Å². The maximum absolute atomic E-state index is 12.7. The molecule has 4 nitrogen and oxygen atoms in total. The van der Waals surface area contributed by atoms with Crippen LogP contribution in [0.2, 0.25) is 5.02 Å². The van der Waals surface area contributed by atoms with E-state index in [2.05, 4.69) is 0 Å². The molecule has 2 rings (SSSR count). The molecule has 0 aliphatic rings. The summed E-state index contributed by atoms with van der Waals surface area (Å²) >= 11 is 6.00. The van der Waals surface area contributed by atoms with Crippen LogP contribution < -0.4 is 14.2 Å². The SMILES string of the molecule is COc1cc(C(=O)c2ccc(Cl)c(C)c2)cc(OC)c1OC. The number of hydrogen-bond donors (Lipinski definition) is 0. The van der Waals surface area contributed by atoms with Crippen LogP contribution in [0.15, 0.2) is 30.3 Å². The number of rotatable bonds is 5. The fraction of sp³-hybridized carbons (Fsp3) is 0.235. The van der Waals surface area contributed by atoms with Gasteiger partial charge >= 0.3 is 0 Å². The van der Waals surface area contributed by atoms with Crippen molar-refractivity contribution in [2.24, 2.45) is 0 Å². The van der Waals surface area contributed by atoms with Gasteiger partial charge in [0.1, 0.15) is 0 Å². The fourth-order valence-electron chi connectivity index (χ4n) is 2.16. The van der Waals surface area contributed by atoms with Crippen LogP contribution in [0, 0.1) is 6.92 Å². The molecule has 0 bridgehead atoms. The highest BCUT2D eigenvalue weighted by Gasteiger charge is 2.18. The number of halogens is 1. The third-order valence-corrected chi connectivity index (χ3v) is 3.77. The predicted molar refractivity (Wildman–Crippen MR) is 85.7 cm³/mol. The van der Waals surface area contributed by atoms with E-state index in [9.17, 15) is 4.79 Å². The molecule has 0 aliphatic heterocycles. The third kappa shape index (κ3) is 3.02. The first kappa shape index (κ1) is 16.2. The Balaban J connectivity index is 2.51. The Morgan fingerprint density at radius 3 is 1.95 bits per heavy atom. The zero-order chi connectivity index (χ0) is 16.3. The van der Waals surface area contributed by atoms with Gasteiger partial charge in [0.25, 0.3) is 0 Å². The first-order valence-electron chi connectivity index (χ1n) is 6.62. The lowest BCUT2D eigenvalue weighted by molar-refractivity contribution is 0.103. The Bertz CT molecular complexity index is 685. The van der Waals surface area contributed by atoms with E-state index >= 15 is 0 Å². The lowest BCUT2D eigenvalue weighted by atomic mass is 10.0. The Hall–Kier alpha value is -2.20. The predicted octanol–water partition coefficient (Wildman–Crippen LogP) is 3.91. The first-order chi connectivity index (χ1) is 10.5. The van der Waals surface area contributed by atoms with Crippen LogP contribution in [0.3, 0.4) is 0 Å². The molecule has 0 atom stereocenters. The number of benzene rings is 2. The van der Waals surface area contributed by atoms with Crippen LogP contribution in [-0.2, 0) is 0 Å². The summed E-state index contributed by atoms with van der Waals surface area (Å²) < 4.78 is 15.8. The number of methoxy groups -OCH3 is 3. The molecule has 0 heterocycles. The summed E-state index contributed by atoms with van der Waals surface area (Å²) in [5.74, 6) is 1.19. The third-order valence-electron chi connectivity index (χ3n) is 3.35. The molecule has 0 radical (unpaired) electrons. The lowest BCUT2D eigenvalue weighted by Gasteiger charge is -2.14. The van der Waals surface area contributed by atoms with E-state index < -0.39 is 0 Å². The number of carbonyl (C=O) groups excluding carboxylic acids is 1. The molecule has 0 unspecified atom stereocenters. The van der Waals surface area contributed by atoms with Crippen molar-refractivity contribution in [3.05, 3.63) is 52.0 Å². The van der Waals surface area contributed by atoms with E-state index in [1.54, 1.807) is 30.3 Å². The molecule has 0 amide bonds. The van der Waals surface area contributed by atoms with Crippen molar-refractivity contribution in [3.63, 3.8) is 0 Å². The maximum atomic E-state index is 12.7. The molecule has 5 heteroatoms. The minimum Gasteiger partial charge on any atom is -0.493 e. The summed E-state index contributed by atoms with van der Waals surface area (Å²) in [5, 5.41) is 0.626. The van der Waals surface area contributed by atoms with Crippen molar-refractivity contribution in [3.8, 4) is 17.2 Å². The van der Waals surface area contributed by atoms with Crippen molar-refractivity contribution in [2.75, 3.05) is 21.3 Å². The molecule has 2 aromatic carbocycles. The number of hydrogen-bond acceptors (Lipinski definition) is 4. The molecule has 0 saturated heterocycles. The Kier molecular flexibility index (Phi) is 4.93. The highest BCUT2D eigenvalue weighted by molar-refractivity contribution is 6.31. The molecule has 0 saturated carbocycles. The van der Waals surface area contributed by atoms with Gasteiger partial charge in [0, 0.05) is 16.1 Å². The molecule has 116 valence electrons. The van der Waals surface area contributed by atoms with Gasteiger partial charge < -0.3 is 14.2 Å². The highest BCUT2D eigenvalue weighted by Crippen LogP contribution is 2.38. The van der Waals surface area contributed by atoms with Crippen molar-refractivity contribution in [2.45, 2.75) is 6.92 Å². The van der Waals surface area contributed by atoms with Crippen molar-refractivity contribution in [1.82, 2.24) is 0 Å². The smallest absolute Gasteiger partial charge is 0.203 e. The van der Waals surface area contributed by atoms with Crippen molar-refractivity contribution >= 4 is 17.4 Å². The molecule has 0 spiro atoms. The molecule has 0 N–H and O–H groups in total. The van der Waals surface area contributed by atoms with Gasteiger partial charge in [0.15, 0.2) is 17.3 Å². The Labute approximate surface area is 134 Å². The zero-order valence-electron chi connectivity index (χ0n) is 12.9. The Morgan fingerprint density at radius 2 is 1.50 bits per heavy atom. The minimum absolute atomic E-state index is 0.140. The highest BCUT2D eigenvalue weighted by atomic mass is 35.5. The van der Waals surface area contributed by atoms with Gasteiger partial charge in [0.05, 0.1) is 21.3 Å². The molecule has 0 aliphatic carbocycles. The minimum atomic E-state index is -0.140. The summed E-state index contributed by atoms with van der Waals surface area (Å²) in [5.41, 5.74) is 1.85. The van der Waals surface area contributed by atoms with Crippen LogP contribution in [0.4, 0.5) is 0 Å². The fourth-order valence-corrected chi connectivity index (χ4v) is 2.28. The van der Waals surface area contributed by atoms with Crippen LogP contribution in [-0.4, -0.2) is 27.1 Å². The second kappa shape index (κ2) is 6.71. The van der Waals surface area contributed by atoms with Gasteiger partial charge in [-0.15, -0.1) is 0 Å². The van der Waals surface area contributed by atoms with Gasteiger partial charge in [-0.1, -0.05) is 11.6 Å². The normalized spacial score (nSPS) is 10.2. The molecule has 2 aromatic rings. The van der Waals surface area contributed by atoms with Gasteiger partial charge in [-0.25, -0.2) is 0 Å². The van der Waals surface area contributed by atoms with E-state index in [0.717, 1.165) is 5.56 Å². The number of carbonyl (C=O) groups is 1. The summed E-state index contributed by atoms with van der Waals surface area (Å²) in [6.07, 6.45) is 0. The number of ketones is 1. The monoisotopic (exact) mass is 320 g/mol. The molecular weight excluding hydrogens is 304 g/mol.